The maximum atomic E-state index is 12.7. The zero-order chi connectivity index (χ0) is 21.3. The fraction of sp³-hybridized carbons (Fsp3) is 0.500. The summed E-state index contributed by atoms with van der Waals surface area (Å²) in [5.41, 5.74) is 0.966. The number of nitrogens with one attached hydrogen (secondary N) is 3. The number of carbonyl (C=O) groups is 2. The van der Waals surface area contributed by atoms with Crippen molar-refractivity contribution in [2.24, 2.45) is 5.92 Å². The summed E-state index contributed by atoms with van der Waals surface area (Å²) in [7, 11) is 0. The predicted octanol–water partition coefficient (Wildman–Crippen LogP) is 1.57. The van der Waals surface area contributed by atoms with Crippen molar-refractivity contribution >= 4 is 11.8 Å². The van der Waals surface area contributed by atoms with E-state index in [1.54, 1.807) is 6.20 Å². The van der Waals surface area contributed by atoms with Crippen molar-refractivity contribution < 1.29 is 14.3 Å². The van der Waals surface area contributed by atoms with Gasteiger partial charge in [0.05, 0.1) is 13.2 Å². The number of imidazole rings is 1. The molecule has 1 aromatic carbocycles. The first-order chi connectivity index (χ1) is 14.5. The van der Waals surface area contributed by atoms with E-state index in [2.05, 4.69) is 20.9 Å². The standard InChI is InChI=1S/C22H31N5O3/c1-16(2)13-19-22(29)25-9-11-27-10-8-24-21(27)17-5-3-6-18(14-17)30-12-4-7-23-15-20(28)26-19/h3,5-6,8,10,14,16,19,23H,4,7,9,11-13,15H2,1-2H3,(H,25,29)(H,26,28)/t19-/m1/s1. The van der Waals surface area contributed by atoms with E-state index in [0.717, 1.165) is 23.6 Å². The number of benzene rings is 1. The normalized spacial score (nSPS) is 19.1. The van der Waals surface area contributed by atoms with Crippen molar-refractivity contribution in [1.82, 2.24) is 25.5 Å². The van der Waals surface area contributed by atoms with Crippen molar-refractivity contribution in [1.29, 1.82) is 0 Å². The molecule has 0 saturated heterocycles. The number of fused-ring (bicyclic) bond motifs is 4. The Kier molecular flexibility index (Phi) is 7.84. The number of nitrogens with zero attached hydrogens (tertiary/aromatic N) is 2. The Morgan fingerprint density at radius 3 is 2.97 bits per heavy atom. The van der Waals surface area contributed by atoms with Gasteiger partial charge in [-0.2, -0.15) is 0 Å². The summed E-state index contributed by atoms with van der Waals surface area (Å²) in [6, 6.07) is 7.30. The van der Waals surface area contributed by atoms with Crippen molar-refractivity contribution in [3.05, 3.63) is 36.7 Å². The lowest BCUT2D eigenvalue weighted by Crippen LogP contribution is -2.50. The fourth-order valence-corrected chi connectivity index (χ4v) is 3.44. The Balaban J connectivity index is 1.76. The molecule has 8 nitrogen and oxygen atoms in total. The number of hydrogen-bond acceptors (Lipinski definition) is 5. The maximum Gasteiger partial charge on any atom is 0.242 e. The van der Waals surface area contributed by atoms with Gasteiger partial charge in [-0.05, 0) is 37.4 Å². The molecule has 1 atom stereocenters. The molecule has 0 fully saturated rings. The minimum absolute atomic E-state index is 0.157. The molecule has 162 valence electrons. The first kappa shape index (κ1) is 21.8. The molecule has 2 heterocycles. The first-order valence-corrected chi connectivity index (χ1v) is 10.5. The van der Waals surface area contributed by atoms with Crippen LogP contribution in [0.3, 0.4) is 0 Å². The second kappa shape index (κ2) is 10.8. The van der Waals surface area contributed by atoms with Gasteiger partial charge in [-0.3, -0.25) is 9.59 Å². The molecule has 2 bridgehead atoms. The highest BCUT2D eigenvalue weighted by Crippen LogP contribution is 2.22. The maximum absolute atomic E-state index is 12.7. The lowest BCUT2D eigenvalue weighted by molar-refractivity contribution is -0.129. The van der Waals surface area contributed by atoms with E-state index in [1.807, 2.05) is 48.9 Å². The summed E-state index contributed by atoms with van der Waals surface area (Å²) in [5, 5.41) is 8.92. The van der Waals surface area contributed by atoms with Gasteiger partial charge in [0.25, 0.3) is 0 Å². The highest BCUT2D eigenvalue weighted by molar-refractivity contribution is 5.88. The molecule has 2 amide bonds. The molecular weight excluding hydrogens is 382 g/mol. The molecule has 0 spiro atoms. The third kappa shape index (κ3) is 6.32. The smallest absolute Gasteiger partial charge is 0.242 e. The Hall–Kier alpha value is -2.87. The molecule has 2 aromatic rings. The molecule has 1 aliphatic heterocycles. The number of ether oxygens (including phenoxy) is 1. The Labute approximate surface area is 177 Å². The van der Waals surface area contributed by atoms with Crippen LogP contribution in [0.15, 0.2) is 36.7 Å². The zero-order valence-electron chi connectivity index (χ0n) is 17.7. The highest BCUT2D eigenvalue weighted by Gasteiger charge is 2.21. The second-order valence-electron chi connectivity index (χ2n) is 7.89. The van der Waals surface area contributed by atoms with Gasteiger partial charge in [-0.25, -0.2) is 4.98 Å². The SMILES string of the molecule is CC(C)C[C@H]1NC(=O)CNCCCOc2cccc(c2)-c2nccn2CCNC1=O. The van der Waals surface area contributed by atoms with E-state index in [9.17, 15) is 9.59 Å². The van der Waals surface area contributed by atoms with Gasteiger partial charge in [0.15, 0.2) is 0 Å². The summed E-state index contributed by atoms with van der Waals surface area (Å²) < 4.78 is 7.85. The van der Waals surface area contributed by atoms with Crippen LogP contribution in [0.5, 0.6) is 5.75 Å². The van der Waals surface area contributed by atoms with E-state index in [1.165, 1.54) is 0 Å². The number of carbonyl (C=O) groups excluding carboxylic acids is 2. The minimum Gasteiger partial charge on any atom is -0.494 e. The Morgan fingerprint density at radius 2 is 2.13 bits per heavy atom. The first-order valence-electron chi connectivity index (χ1n) is 10.5. The van der Waals surface area contributed by atoms with Gasteiger partial charge >= 0.3 is 0 Å². The number of rotatable bonds is 2. The van der Waals surface area contributed by atoms with E-state index in [0.29, 0.717) is 32.7 Å². The van der Waals surface area contributed by atoms with Crippen LogP contribution < -0.4 is 20.7 Å². The predicted molar refractivity (Wildman–Crippen MR) is 115 cm³/mol. The summed E-state index contributed by atoms with van der Waals surface area (Å²) in [6.45, 7) is 6.47. The minimum atomic E-state index is -0.541. The molecule has 0 saturated carbocycles. The fourth-order valence-electron chi connectivity index (χ4n) is 3.44. The largest absolute Gasteiger partial charge is 0.494 e. The van der Waals surface area contributed by atoms with Gasteiger partial charge in [0, 0.05) is 31.0 Å². The van der Waals surface area contributed by atoms with Crippen LogP contribution in [0.2, 0.25) is 0 Å². The molecule has 30 heavy (non-hydrogen) atoms. The molecule has 0 aliphatic carbocycles. The van der Waals surface area contributed by atoms with Gasteiger partial charge in [0.1, 0.15) is 17.6 Å². The van der Waals surface area contributed by atoms with Crippen molar-refractivity contribution in [3.8, 4) is 17.1 Å². The van der Waals surface area contributed by atoms with Crippen LogP contribution in [0, 0.1) is 5.92 Å². The van der Waals surface area contributed by atoms with E-state index >= 15 is 0 Å². The molecule has 1 aliphatic rings. The van der Waals surface area contributed by atoms with Gasteiger partial charge in [-0.1, -0.05) is 26.0 Å². The summed E-state index contributed by atoms with van der Waals surface area (Å²) >= 11 is 0. The van der Waals surface area contributed by atoms with Crippen LogP contribution in [-0.4, -0.2) is 53.6 Å². The monoisotopic (exact) mass is 413 g/mol. The summed E-state index contributed by atoms with van der Waals surface area (Å²) in [6.07, 6.45) is 5.00. The summed E-state index contributed by atoms with van der Waals surface area (Å²) in [4.78, 5) is 29.4. The van der Waals surface area contributed by atoms with Gasteiger partial charge < -0.3 is 25.3 Å². The average Bonchev–Trinajstić information content (AvgIpc) is 3.18. The second-order valence-corrected chi connectivity index (χ2v) is 7.89. The molecular formula is C22H31N5O3. The highest BCUT2D eigenvalue weighted by atomic mass is 16.5. The number of aromatic nitrogens is 2. The third-order valence-electron chi connectivity index (χ3n) is 4.87. The van der Waals surface area contributed by atoms with E-state index in [4.69, 9.17) is 4.74 Å². The molecule has 3 rings (SSSR count). The van der Waals surface area contributed by atoms with Crippen molar-refractivity contribution in [3.63, 3.8) is 0 Å². The number of hydrogen-bond donors (Lipinski definition) is 3. The van der Waals surface area contributed by atoms with Gasteiger partial charge in [-0.15, -0.1) is 0 Å². The molecule has 8 heteroatoms. The zero-order valence-corrected chi connectivity index (χ0v) is 17.7. The molecule has 1 aromatic heterocycles. The number of amides is 2. The Bertz CT molecular complexity index is 849. The van der Waals surface area contributed by atoms with Crippen LogP contribution in [-0.2, 0) is 16.1 Å². The van der Waals surface area contributed by atoms with Crippen LogP contribution in [0.25, 0.3) is 11.4 Å². The molecule has 0 unspecified atom stereocenters. The third-order valence-corrected chi connectivity index (χ3v) is 4.87. The van der Waals surface area contributed by atoms with Crippen molar-refractivity contribution in [2.45, 2.75) is 39.3 Å². The topological polar surface area (TPSA) is 97.3 Å². The molecule has 3 N–H and O–H groups in total. The summed E-state index contributed by atoms with van der Waals surface area (Å²) in [5.74, 6) is 1.56. The van der Waals surface area contributed by atoms with Crippen LogP contribution >= 0.6 is 0 Å². The lowest BCUT2D eigenvalue weighted by atomic mass is 10.0. The molecule has 0 radical (unpaired) electrons. The van der Waals surface area contributed by atoms with Crippen LogP contribution in [0.1, 0.15) is 26.7 Å². The lowest BCUT2D eigenvalue weighted by Gasteiger charge is -2.21. The van der Waals surface area contributed by atoms with E-state index < -0.39 is 6.04 Å². The van der Waals surface area contributed by atoms with Crippen molar-refractivity contribution in [2.75, 3.05) is 26.2 Å². The van der Waals surface area contributed by atoms with Crippen LogP contribution in [0.4, 0.5) is 0 Å². The van der Waals surface area contributed by atoms with E-state index in [-0.39, 0.29) is 24.3 Å². The Morgan fingerprint density at radius 1 is 1.27 bits per heavy atom. The van der Waals surface area contributed by atoms with Gasteiger partial charge in [0.2, 0.25) is 11.8 Å². The average molecular weight is 414 g/mol. The quantitative estimate of drug-likeness (QED) is 0.694.